The number of benzene rings is 2. The number of pyridine rings is 1. The van der Waals surface area contributed by atoms with Gasteiger partial charge in [-0.15, -0.1) is 5.10 Å². The number of carbonyl (C=O) groups is 1. The lowest BCUT2D eigenvalue weighted by Gasteiger charge is -2.19. The first-order chi connectivity index (χ1) is 15.4. The zero-order chi connectivity index (χ0) is 22.7. The van der Waals surface area contributed by atoms with Crippen LogP contribution in [0.1, 0.15) is 24.3 Å². The Hall–Kier alpha value is -4.47. The van der Waals surface area contributed by atoms with Crippen molar-refractivity contribution in [2.24, 2.45) is 5.10 Å². The predicted molar refractivity (Wildman–Crippen MR) is 113 cm³/mol. The van der Waals surface area contributed by atoms with E-state index in [2.05, 4.69) is 10.1 Å². The first kappa shape index (κ1) is 20.8. The maximum Gasteiger partial charge on any atom is 0.287 e. The molecule has 0 radical (unpaired) electrons. The summed E-state index contributed by atoms with van der Waals surface area (Å²) in [6.07, 6.45) is 0.387. The van der Waals surface area contributed by atoms with Gasteiger partial charge in [0.1, 0.15) is 17.7 Å². The van der Waals surface area contributed by atoms with Gasteiger partial charge in [0, 0.05) is 30.2 Å². The fourth-order valence-corrected chi connectivity index (χ4v) is 3.02. The number of methoxy groups -OCH3 is 1. The SMILES string of the molecule is COc1cccc(C2=NN(C(C)=O)[C@H](c3ccc(Oc4ccc([N+](=O)[O-])cn4)cc3)O2)c1. The summed E-state index contributed by atoms with van der Waals surface area (Å²) in [5.41, 5.74) is 1.25. The summed E-state index contributed by atoms with van der Waals surface area (Å²) in [6, 6.07) is 16.8. The highest BCUT2D eigenvalue weighted by Crippen LogP contribution is 2.32. The van der Waals surface area contributed by atoms with Crippen LogP contribution in [0.15, 0.2) is 72.0 Å². The van der Waals surface area contributed by atoms with E-state index in [1.54, 1.807) is 43.5 Å². The average molecular weight is 434 g/mol. The van der Waals surface area contributed by atoms with Gasteiger partial charge in [-0.25, -0.2) is 4.98 Å². The number of rotatable bonds is 6. The van der Waals surface area contributed by atoms with Crippen LogP contribution in [-0.2, 0) is 9.53 Å². The van der Waals surface area contributed by atoms with Crippen LogP contribution in [0.4, 0.5) is 5.69 Å². The Labute approximate surface area is 182 Å². The minimum atomic E-state index is -0.736. The lowest BCUT2D eigenvalue weighted by Crippen LogP contribution is -2.25. The van der Waals surface area contributed by atoms with Crippen molar-refractivity contribution in [2.75, 3.05) is 7.11 Å². The average Bonchev–Trinajstić information content (AvgIpc) is 3.26. The molecule has 0 bridgehead atoms. The third-order valence-electron chi connectivity index (χ3n) is 4.60. The Kier molecular flexibility index (Phi) is 5.67. The lowest BCUT2D eigenvalue weighted by atomic mass is 10.2. The number of nitro groups is 1. The quantitative estimate of drug-likeness (QED) is 0.425. The Morgan fingerprint density at radius 3 is 2.53 bits per heavy atom. The minimum absolute atomic E-state index is 0.123. The number of hydrogen-bond acceptors (Lipinski definition) is 8. The number of carbonyl (C=O) groups excluding carboxylic acids is 1. The van der Waals surface area contributed by atoms with E-state index in [-0.39, 0.29) is 17.5 Å². The van der Waals surface area contributed by atoms with Crippen molar-refractivity contribution >= 4 is 17.5 Å². The summed E-state index contributed by atoms with van der Waals surface area (Å²) in [6.45, 7) is 1.41. The minimum Gasteiger partial charge on any atom is -0.497 e. The first-order valence-corrected chi connectivity index (χ1v) is 9.52. The zero-order valence-corrected chi connectivity index (χ0v) is 17.2. The van der Waals surface area contributed by atoms with Gasteiger partial charge in [0.15, 0.2) is 0 Å². The first-order valence-electron chi connectivity index (χ1n) is 9.52. The monoisotopic (exact) mass is 434 g/mol. The fraction of sp³-hybridized carbons (Fsp3) is 0.136. The number of ether oxygens (including phenoxy) is 3. The topological polar surface area (TPSA) is 116 Å². The fourth-order valence-electron chi connectivity index (χ4n) is 3.02. The van der Waals surface area contributed by atoms with Gasteiger partial charge in [-0.05, 0) is 42.5 Å². The normalized spacial score (nSPS) is 15.0. The standard InChI is InChI=1S/C22H18N4O6/c1-14(27)25-22(32-21(24-25)16-4-3-5-19(12-16)30-2)15-6-9-18(10-7-15)31-20-11-8-17(13-23-20)26(28)29/h3-13,22H,1-2H3/t22-/m0/s1. The molecular formula is C22H18N4O6. The van der Waals surface area contributed by atoms with Gasteiger partial charge >= 0.3 is 0 Å². The van der Waals surface area contributed by atoms with Crippen LogP contribution in [0.25, 0.3) is 0 Å². The van der Waals surface area contributed by atoms with Crippen LogP contribution in [0.2, 0.25) is 0 Å². The van der Waals surface area contributed by atoms with Gasteiger partial charge in [0.2, 0.25) is 23.9 Å². The number of nitrogens with zero attached hydrogens (tertiary/aromatic N) is 4. The van der Waals surface area contributed by atoms with Crippen LogP contribution in [0, 0.1) is 10.1 Å². The van der Waals surface area contributed by atoms with E-state index in [0.717, 1.165) is 6.20 Å². The molecule has 32 heavy (non-hydrogen) atoms. The van der Waals surface area contributed by atoms with E-state index in [1.807, 2.05) is 12.1 Å². The van der Waals surface area contributed by atoms with Crippen molar-refractivity contribution in [1.82, 2.24) is 9.99 Å². The summed E-state index contributed by atoms with van der Waals surface area (Å²) in [4.78, 5) is 26.3. The molecule has 10 nitrogen and oxygen atoms in total. The van der Waals surface area contributed by atoms with Crippen LogP contribution < -0.4 is 9.47 Å². The molecule has 0 unspecified atom stereocenters. The van der Waals surface area contributed by atoms with E-state index in [9.17, 15) is 14.9 Å². The molecule has 1 aromatic heterocycles. The van der Waals surface area contributed by atoms with Gasteiger partial charge < -0.3 is 14.2 Å². The second kappa shape index (κ2) is 8.72. The second-order valence-electron chi connectivity index (χ2n) is 6.75. The Morgan fingerprint density at radius 2 is 1.91 bits per heavy atom. The molecule has 2 aromatic carbocycles. The van der Waals surface area contributed by atoms with Gasteiger partial charge in [-0.3, -0.25) is 14.9 Å². The molecule has 0 aliphatic carbocycles. The van der Waals surface area contributed by atoms with Gasteiger partial charge in [-0.1, -0.05) is 6.07 Å². The molecule has 1 aliphatic heterocycles. The largest absolute Gasteiger partial charge is 0.497 e. The van der Waals surface area contributed by atoms with Crippen molar-refractivity contribution in [3.63, 3.8) is 0 Å². The molecule has 3 aromatic rings. The van der Waals surface area contributed by atoms with Gasteiger partial charge in [-0.2, -0.15) is 5.01 Å². The molecule has 0 saturated carbocycles. The van der Waals surface area contributed by atoms with Crippen molar-refractivity contribution in [3.8, 4) is 17.4 Å². The lowest BCUT2D eigenvalue weighted by molar-refractivity contribution is -0.385. The van der Waals surface area contributed by atoms with E-state index in [1.165, 1.54) is 24.1 Å². The van der Waals surface area contributed by atoms with Crippen molar-refractivity contribution < 1.29 is 23.9 Å². The third kappa shape index (κ3) is 4.33. The maximum atomic E-state index is 12.1. The van der Waals surface area contributed by atoms with Gasteiger partial charge in [0.25, 0.3) is 5.69 Å². The highest BCUT2D eigenvalue weighted by atomic mass is 16.6. The van der Waals surface area contributed by atoms with Crippen LogP contribution in [-0.4, -0.2) is 33.8 Å². The van der Waals surface area contributed by atoms with Crippen molar-refractivity contribution in [1.29, 1.82) is 0 Å². The molecule has 162 valence electrons. The molecule has 0 N–H and O–H groups in total. The van der Waals surface area contributed by atoms with Crippen LogP contribution in [0.3, 0.4) is 0 Å². The van der Waals surface area contributed by atoms with E-state index < -0.39 is 11.2 Å². The molecule has 0 spiro atoms. The number of amides is 1. The van der Waals surface area contributed by atoms with Crippen LogP contribution >= 0.6 is 0 Å². The van der Waals surface area contributed by atoms with E-state index in [0.29, 0.717) is 28.5 Å². The zero-order valence-electron chi connectivity index (χ0n) is 17.2. The Bertz CT molecular complexity index is 1180. The highest BCUT2D eigenvalue weighted by Gasteiger charge is 2.33. The molecule has 10 heteroatoms. The molecule has 4 rings (SSSR count). The van der Waals surface area contributed by atoms with E-state index >= 15 is 0 Å². The third-order valence-corrected chi connectivity index (χ3v) is 4.60. The smallest absolute Gasteiger partial charge is 0.287 e. The van der Waals surface area contributed by atoms with Crippen LogP contribution in [0.5, 0.6) is 17.4 Å². The number of hydrazone groups is 1. The molecule has 0 saturated heterocycles. The number of hydrogen-bond donors (Lipinski definition) is 0. The molecule has 0 fully saturated rings. The molecule has 1 atom stereocenters. The summed E-state index contributed by atoms with van der Waals surface area (Å²) in [5.74, 6) is 1.36. The molecule has 1 aliphatic rings. The summed E-state index contributed by atoms with van der Waals surface area (Å²) < 4.78 is 16.8. The second-order valence-corrected chi connectivity index (χ2v) is 6.75. The van der Waals surface area contributed by atoms with Gasteiger partial charge in [0.05, 0.1) is 12.0 Å². The summed E-state index contributed by atoms with van der Waals surface area (Å²) in [5, 5.41) is 16.3. The van der Waals surface area contributed by atoms with Crippen molar-refractivity contribution in [2.45, 2.75) is 13.2 Å². The Morgan fingerprint density at radius 1 is 1.12 bits per heavy atom. The highest BCUT2D eigenvalue weighted by molar-refractivity contribution is 5.96. The molecular weight excluding hydrogens is 416 g/mol. The Balaban J connectivity index is 1.51. The number of aromatic nitrogens is 1. The van der Waals surface area contributed by atoms with E-state index in [4.69, 9.17) is 14.2 Å². The maximum absolute atomic E-state index is 12.1. The molecule has 1 amide bonds. The van der Waals surface area contributed by atoms with Crippen molar-refractivity contribution in [3.05, 3.63) is 88.1 Å². The summed E-state index contributed by atoms with van der Waals surface area (Å²) >= 11 is 0. The molecule has 2 heterocycles. The summed E-state index contributed by atoms with van der Waals surface area (Å²) in [7, 11) is 1.57. The predicted octanol–water partition coefficient (Wildman–Crippen LogP) is 4.03.